The average Bonchev–Trinajstić information content (AvgIpc) is 3.17. The number of amides is 1. The quantitative estimate of drug-likeness (QED) is 0.746. The van der Waals surface area contributed by atoms with E-state index in [9.17, 15) is 9.59 Å². The van der Waals surface area contributed by atoms with Gasteiger partial charge in [-0.25, -0.2) is 0 Å². The van der Waals surface area contributed by atoms with Crippen LogP contribution < -0.4 is 10.5 Å². The van der Waals surface area contributed by atoms with E-state index in [1.54, 1.807) is 11.0 Å². The number of hydrogen-bond donors (Lipinski definition) is 1. The van der Waals surface area contributed by atoms with E-state index in [0.29, 0.717) is 44.5 Å². The van der Waals surface area contributed by atoms with Crippen LogP contribution in [0.1, 0.15) is 34.3 Å². The van der Waals surface area contributed by atoms with E-state index in [0.717, 1.165) is 22.0 Å². The lowest BCUT2D eigenvalue weighted by atomic mass is 10.0. The molecule has 0 saturated carbocycles. The maximum absolute atomic E-state index is 13.0. The molecule has 4 rings (SSSR count). The van der Waals surface area contributed by atoms with E-state index in [1.165, 1.54) is 0 Å². The minimum absolute atomic E-state index is 0.178. The molecule has 0 spiro atoms. The Morgan fingerprint density at radius 2 is 1.89 bits per heavy atom. The Bertz CT molecular complexity index is 1090. The van der Waals surface area contributed by atoms with Crippen LogP contribution in [0, 0.1) is 13.8 Å². The Morgan fingerprint density at radius 3 is 2.57 bits per heavy atom. The minimum atomic E-state index is -0.351. The second kappa shape index (κ2) is 7.10. The molecular weight excluding hydrogens is 358 g/mol. The van der Waals surface area contributed by atoms with Crippen molar-refractivity contribution in [2.45, 2.75) is 27.2 Å². The minimum Gasteiger partial charge on any atom is -0.408 e. The van der Waals surface area contributed by atoms with Crippen molar-refractivity contribution in [3.63, 3.8) is 0 Å². The van der Waals surface area contributed by atoms with E-state index in [1.807, 2.05) is 37.8 Å². The molecule has 8 nitrogen and oxygen atoms in total. The van der Waals surface area contributed by atoms with Crippen molar-refractivity contribution in [1.29, 1.82) is 0 Å². The first-order chi connectivity index (χ1) is 13.5. The number of H-pyrrole nitrogens is 1. The van der Waals surface area contributed by atoms with Gasteiger partial charge in [-0.15, -0.1) is 5.10 Å². The van der Waals surface area contributed by atoms with Gasteiger partial charge in [-0.05, 0) is 36.9 Å². The van der Waals surface area contributed by atoms with Gasteiger partial charge in [0, 0.05) is 32.6 Å². The number of hydrogen-bond acceptors (Lipinski definition) is 6. The van der Waals surface area contributed by atoms with E-state index in [-0.39, 0.29) is 17.0 Å². The fraction of sp³-hybridized carbons (Fsp3) is 0.400. The Hall–Kier alpha value is -3.16. The van der Waals surface area contributed by atoms with Gasteiger partial charge in [0.15, 0.2) is 0 Å². The molecule has 1 aliphatic heterocycles. The highest BCUT2D eigenvalue weighted by molar-refractivity contribution is 5.97. The fourth-order valence-corrected chi connectivity index (χ4v) is 3.63. The number of fused-ring (bicyclic) bond motifs is 1. The topological polar surface area (TPSA) is 95.3 Å². The molecule has 1 aromatic carbocycles. The lowest BCUT2D eigenvalue weighted by Gasteiger charge is -2.33. The molecule has 8 heteroatoms. The molecule has 1 amide bonds. The van der Waals surface area contributed by atoms with Crippen molar-refractivity contribution in [3.05, 3.63) is 51.1 Å². The Kier molecular flexibility index (Phi) is 4.62. The number of rotatable bonds is 3. The van der Waals surface area contributed by atoms with Gasteiger partial charge in [-0.1, -0.05) is 23.7 Å². The van der Waals surface area contributed by atoms with Gasteiger partial charge < -0.3 is 19.2 Å². The van der Waals surface area contributed by atoms with Crippen molar-refractivity contribution in [1.82, 2.24) is 20.1 Å². The van der Waals surface area contributed by atoms with E-state index >= 15 is 0 Å². The largest absolute Gasteiger partial charge is 0.408 e. The second-order valence-corrected chi connectivity index (χ2v) is 7.17. The standard InChI is InChI=1S/C20H23N5O3/c1-4-16-22-23-20(28-16)25-7-5-24(6-8-25)19(27)15-11-14-10-12(2)9-13(3)17(14)21-18(15)26/h9-11H,4-8H2,1-3H3,(H,21,26). The third-order valence-electron chi connectivity index (χ3n) is 5.12. The highest BCUT2D eigenvalue weighted by atomic mass is 16.4. The zero-order valence-electron chi connectivity index (χ0n) is 16.3. The molecule has 28 heavy (non-hydrogen) atoms. The molecule has 1 fully saturated rings. The van der Waals surface area contributed by atoms with Gasteiger partial charge in [0.2, 0.25) is 5.89 Å². The highest BCUT2D eigenvalue weighted by Gasteiger charge is 2.26. The molecule has 2 aromatic heterocycles. The summed E-state index contributed by atoms with van der Waals surface area (Å²) in [6, 6.07) is 6.18. The number of carbonyl (C=O) groups is 1. The smallest absolute Gasteiger partial charge is 0.318 e. The lowest BCUT2D eigenvalue weighted by molar-refractivity contribution is 0.0743. The normalized spacial score (nSPS) is 14.7. The van der Waals surface area contributed by atoms with Crippen LogP contribution in [-0.4, -0.2) is 52.2 Å². The van der Waals surface area contributed by atoms with Crippen LogP contribution >= 0.6 is 0 Å². The van der Waals surface area contributed by atoms with Gasteiger partial charge in [-0.2, -0.15) is 0 Å². The molecular formula is C20H23N5O3. The van der Waals surface area contributed by atoms with Gasteiger partial charge in [0.25, 0.3) is 11.5 Å². The van der Waals surface area contributed by atoms with Crippen LogP contribution in [0.4, 0.5) is 6.01 Å². The molecule has 0 radical (unpaired) electrons. The SMILES string of the molecule is CCc1nnc(N2CCN(C(=O)c3cc4cc(C)cc(C)c4[nH]c3=O)CC2)o1. The van der Waals surface area contributed by atoms with Crippen LogP contribution in [0.2, 0.25) is 0 Å². The lowest BCUT2D eigenvalue weighted by Crippen LogP contribution is -2.49. The third kappa shape index (κ3) is 3.26. The molecule has 3 heterocycles. The first-order valence-corrected chi connectivity index (χ1v) is 9.47. The molecule has 0 unspecified atom stereocenters. The van der Waals surface area contributed by atoms with Crippen LogP contribution in [0.3, 0.4) is 0 Å². The van der Waals surface area contributed by atoms with Crippen LogP contribution in [-0.2, 0) is 6.42 Å². The van der Waals surface area contributed by atoms with Gasteiger partial charge >= 0.3 is 6.01 Å². The van der Waals surface area contributed by atoms with Crippen molar-refractivity contribution in [3.8, 4) is 0 Å². The maximum atomic E-state index is 13.0. The summed E-state index contributed by atoms with van der Waals surface area (Å²) in [6.45, 7) is 8.06. The Morgan fingerprint density at radius 1 is 1.14 bits per heavy atom. The maximum Gasteiger partial charge on any atom is 0.318 e. The summed E-state index contributed by atoms with van der Waals surface area (Å²) in [6.07, 6.45) is 0.690. The third-order valence-corrected chi connectivity index (χ3v) is 5.12. The first kappa shape index (κ1) is 18.2. The molecule has 1 aliphatic rings. The zero-order valence-corrected chi connectivity index (χ0v) is 16.3. The number of aromatic amines is 1. The zero-order chi connectivity index (χ0) is 19.8. The summed E-state index contributed by atoms with van der Waals surface area (Å²) in [5, 5.41) is 8.91. The number of carbonyl (C=O) groups excluding carboxylic acids is 1. The summed E-state index contributed by atoms with van der Waals surface area (Å²) < 4.78 is 5.59. The highest BCUT2D eigenvalue weighted by Crippen LogP contribution is 2.20. The van der Waals surface area contributed by atoms with E-state index in [4.69, 9.17) is 4.42 Å². The fourth-order valence-electron chi connectivity index (χ4n) is 3.63. The van der Waals surface area contributed by atoms with E-state index < -0.39 is 0 Å². The van der Waals surface area contributed by atoms with Crippen LogP contribution in [0.25, 0.3) is 10.9 Å². The molecule has 0 aliphatic carbocycles. The number of anilines is 1. The van der Waals surface area contributed by atoms with Crippen molar-refractivity contribution < 1.29 is 9.21 Å². The van der Waals surface area contributed by atoms with Gasteiger partial charge in [0.1, 0.15) is 5.56 Å². The number of aryl methyl sites for hydroxylation is 3. The van der Waals surface area contributed by atoms with Crippen LogP contribution in [0.15, 0.2) is 27.4 Å². The first-order valence-electron chi connectivity index (χ1n) is 9.47. The Labute approximate surface area is 162 Å². The number of piperazine rings is 1. The molecule has 0 atom stereocenters. The monoisotopic (exact) mass is 381 g/mol. The number of aromatic nitrogens is 3. The summed E-state index contributed by atoms with van der Waals surface area (Å²) in [5.41, 5.74) is 2.69. The summed E-state index contributed by atoms with van der Waals surface area (Å²) in [4.78, 5) is 32.0. The van der Waals surface area contributed by atoms with Gasteiger partial charge in [-0.3, -0.25) is 9.59 Å². The van der Waals surface area contributed by atoms with Crippen LogP contribution in [0.5, 0.6) is 0 Å². The predicted molar refractivity (Wildman–Crippen MR) is 106 cm³/mol. The van der Waals surface area contributed by atoms with Gasteiger partial charge in [0.05, 0.1) is 5.52 Å². The number of benzene rings is 1. The summed E-state index contributed by atoms with van der Waals surface area (Å²) in [7, 11) is 0. The number of nitrogens with zero attached hydrogens (tertiary/aromatic N) is 4. The second-order valence-electron chi connectivity index (χ2n) is 7.17. The van der Waals surface area contributed by atoms with Crippen molar-refractivity contribution in [2.75, 3.05) is 31.1 Å². The summed E-state index contributed by atoms with van der Waals surface area (Å²) >= 11 is 0. The molecule has 3 aromatic rings. The number of nitrogens with one attached hydrogen (secondary N) is 1. The Balaban J connectivity index is 1.54. The molecule has 0 bridgehead atoms. The van der Waals surface area contributed by atoms with E-state index in [2.05, 4.69) is 15.2 Å². The predicted octanol–water partition coefficient (Wildman–Crippen LogP) is 2.05. The molecule has 146 valence electrons. The molecule has 1 N–H and O–H groups in total. The average molecular weight is 381 g/mol. The van der Waals surface area contributed by atoms with Crippen molar-refractivity contribution >= 4 is 22.8 Å². The molecule has 1 saturated heterocycles. The number of pyridine rings is 1. The van der Waals surface area contributed by atoms with Crippen molar-refractivity contribution in [2.24, 2.45) is 0 Å². The summed E-state index contributed by atoms with van der Waals surface area (Å²) in [5.74, 6) is 0.350.